The molecule has 0 bridgehead atoms. The lowest BCUT2D eigenvalue weighted by atomic mass is 10.0. The molecule has 0 radical (unpaired) electrons. The third-order valence-electron chi connectivity index (χ3n) is 2.93. The highest BCUT2D eigenvalue weighted by molar-refractivity contribution is 7.11. The minimum atomic E-state index is -0.710. The molecule has 0 aliphatic heterocycles. The monoisotopic (exact) mass is 332 g/mol. The van der Waals surface area contributed by atoms with Crippen LogP contribution in [0.25, 0.3) is 0 Å². The number of ether oxygens (including phenoxy) is 1. The molecule has 0 unspecified atom stereocenters. The van der Waals surface area contributed by atoms with Crippen molar-refractivity contribution < 1.29 is 14.3 Å². The highest BCUT2D eigenvalue weighted by atomic mass is 32.1. The summed E-state index contributed by atoms with van der Waals surface area (Å²) in [5.74, 6) is -0.213. The summed E-state index contributed by atoms with van der Waals surface area (Å²) in [7, 11) is 0. The van der Waals surface area contributed by atoms with Crippen molar-refractivity contribution in [2.45, 2.75) is 38.8 Å². The summed E-state index contributed by atoms with van der Waals surface area (Å²) >= 11 is 1.26. The average Bonchev–Trinajstić information content (AvgIpc) is 2.99. The highest BCUT2D eigenvalue weighted by Crippen LogP contribution is 2.13. The van der Waals surface area contributed by atoms with Gasteiger partial charge in [-0.1, -0.05) is 30.3 Å². The van der Waals surface area contributed by atoms with E-state index < -0.39 is 17.7 Å². The van der Waals surface area contributed by atoms with Crippen molar-refractivity contribution in [1.82, 2.24) is 10.3 Å². The maximum Gasteiger partial charge on any atom is 0.408 e. The maximum atomic E-state index is 12.6. The van der Waals surface area contributed by atoms with Gasteiger partial charge in [-0.15, -0.1) is 11.3 Å². The van der Waals surface area contributed by atoms with Gasteiger partial charge in [0.1, 0.15) is 11.6 Å². The summed E-state index contributed by atoms with van der Waals surface area (Å²) in [6.45, 7) is 5.34. The SMILES string of the molecule is CC(C)(C)OC(=O)N[C@@H](Cc1ccccc1)C(=O)c1nccs1. The molecule has 1 atom stereocenters. The molecule has 1 aromatic carbocycles. The summed E-state index contributed by atoms with van der Waals surface area (Å²) in [4.78, 5) is 28.7. The smallest absolute Gasteiger partial charge is 0.408 e. The van der Waals surface area contributed by atoms with E-state index in [2.05, 4.69) is 10.3 Å². The summed E-state index contributed by atoms with van der Waals surface area (Å²) < 4.78 is 5.25. The number of nitrogens with zero attached hydrogens (tertiary/aromatic N) is 1. The van der Waals surface area contributed by atoms with Crippen LogP contribution in [-0.2, 0) is 11.2 Å². The van der Waals surface area contributed by atoms with Gasteiger partial charge in [-0.2, -0.15) is 0 Å². The largest absolute Gasteiger partial charge is 0.444 e. The lowest BCUT2D eigenvalue weighted by Gasteiger charge is -2.22. The summed E-state index contributed by atoms with van der Waals surface area (Å²) in [5, 5.41) is 4.78. The van der Waals surface area contributed by atoms with Gasteiger partial charge in [0.05, 0.1) is 0 Å². The topological polar surface area (TPSA) is 68.3 Å². The molecule has 23 heavy (non-hydrogen) atoms. The van der Waals surface area contributed by atoms with Gasteiger partial charge in [-0.05, 0) is 26.3 Å². The second-order valence-corrected chi connectivity index (χ2v) is 6.98. The van der Waals surface area contributed by atoms with Crippen LogP contribution in [-0.4, -0.2) is 28.5 Å². The first kappa shape index (κ1) is 17.1. The Hall–Kier alpha value is -2.21. The number of carbonyl (C=O) groups is 2. The number of thiazole rings is 1. The summed E-state index contributed by atoms with van der Waals surface area (Å²) in [5.41, 5.74) is 0.337. The van der Waals surface area contributed by atoms with Crippen molar-refractivity contribution in [1.29, 1.82) is 0 Å². The van der Waals surface area contributed by atoms with Gasteiger partial charge in [0.2, 0.25) is 5.78 Å². The van der Waals surface area contributed by atoms with Crippen molar-refractivity contribution in [3.63, 3.8) is 0 Å². The van der Waals surface area contributed by atoms with E-state index in [1.807, 2.05) is 30.3 Å². The summed E-state index contributed by atoms with van der Waals surface area (Å²) in [6, 6.07) is 8.82. The molecule has 1 N–H and O–H groups in total. The predicted octanol–water partition coefficient (Wildman–Crippen LogP) is 3.46. The van der Waals surface area contributed by atoms with E-state index >= 15 is 0 Å². The standard InChI is InChI=1S/C17H20N2O3S/c1-17(2,3)22-16(21)19-13(11-12-7-5-4-6-8-12)14(20)15-18-9-10-23-15/h4-10,13H,11H2,1-3H3,(H,19,21)/t13-/m0/s1. The molecule has 5 nitrogen and oxygen atoms in total. The van der Waals surface area contributed by atoms with E-state index in [4.69, 9.17) is 4.74 Å². The molecule has 0 spiro atoms. The van der Waals surface area contributed by atoms with Gasteiger partial charge in [0.25, 0.3) is 0 Å². The molecule has 0 saturated carbocycles. The second kappa shape index (κ2) is 7.37. The molecule has 1 aromatic heterocycles. The van der Waals surface area contributed by atoms with E-state index in [-0.39, 0.29) is 5.78 Å². The fraction of sp³-hybridized carbons (Fsp3) is 0.353. The van der Waals surface area contributed by atoms with E-state index in [9.17, 15) is 9.59 Å². The molecule has 1 amide bonds. The predicted molar refractivity (Wildman–Crippen MR) is 89.7 cm³/mol. The minimum absolute atomic E-state index is 0.213. The van der Waals surface area contributed by atoms with E-state index in [1.54, 1.807) is 32.3 Å². The van der Waals surface area contributed by atoms with Crippen molar-refractivity contribution in [2.24, 2.45) is 0 Å². The van der Waals surface area contributed by atoms with Crippen LogP contribution in [0.1, 0.15) is 36.1 Å². The lowest BCUT2D eigenvalue weighted by molar-refractivity contribution is 0.0491. The highest BCUT2D eigenvalue weighted by Gasteiger charge is 2.26. The fourth-order valence-corrected chi connectivity index (χ4v) is 2.63. The Bertz CT molecular complexity index is 648. The Morgan fingerprint density at radius 2 is 1.96 bits per heavy atom. The van der Waals surface area contributed by atoms with Gasteiger partial charge in [-0.25, -0.2) is 9.78 Å². The number of alkyl carbamates (subject to hydrolysis) is 1. The number of aromatic nitrogens is 1. The number of carbonyl (C=O) groups excluding carboxylic acids is 2. The van der Waals surface area contributed by atoms with Crippen molar-refractivity contribution in [2.75, 3.05) is 0 Å². The van der Waals surface area contributed by atoms with Crippen molar-refractivity contribution in [3.8, 4) is 0 Å². The van der Waals surface area contributed by atoms with Crippen molar-refractivity contribution in [3.05, 3.63) is 52.5 Å². The van der Waals surface area contributed by atoms with Crippen LogP contribution in [0.3, 0.4) is 0 Å². The molecule has 0 fully saturated rings. The number of hydrogen-bond acceptors (Lipinski definition) is 5. The van der Waals surface area contributed by atoms with Crippen LogP contribution in [0.4, 0.5) is 4.79 Å². The van der Waals surface area contributed by atoms with Gasteiger partial charge in [-0.3, -0.25) is 4.79 Å². The number of benzene rings is 1. The first-order valence-corrected chi connectivity index (χ1v) is 8.20. The molecule has 2 rings (SSSR count). The van der Waals surface area contributed by atoms with Gasteiger partial charge < -0.3 is 10.1 Å². The number of nitrogens with one attached hydrogen (secondary N) is 1. The molecular formula is C17H20N2O3S. The molecule has 2 aromatic rings. The molecule has 0 saturated heterocycles. The third-order valence-corrected chi connectivity index (χ3v) is 3.72. The molecule has 1 heterocycles. The van der Waals surface area contributed by atoms with Gasteiger partial charge in [0.15, 0.2) is 5.01 Å². The van der Waals surface area contributed by atoms with Crippen LogP contribution >= 0.6 is 11.3 Å². The Balaban J connectivity index is 2.14. The lowest BCUT2D eigenvalue weighted by Crippen LogP contribution is -2.44. The van der Waals surface area contributed by atoms with E-state index in [1.165, 1.54) is 11.3 Å². The zero-order valence-electron chi connectivity index (χ0n) is 13.4. The number of rotatable bonds is 5. The number of ketones is 1. The van der Waals surface area contributed by atoms with Crippen molar-refractivity contribution >= 4 is 23.2 Å². The van der Waals surface area contributed by atoms with E-state index in [0.29, 0.717) is 11.4 Å². The first-order chi connectivity index (χ1) is 10.8. The first-order valence-electron chi connectivity index (χ1n) is 7.32. The van der Waals surface area contributed by atoms with Gasteiger partial charge in [0, 0.05) is 18.0 Å². The quantitative estimate of drug-likeness (QED) is 0.851. The van der Waals surface area contributed by atoms with Crippen LogP contribution in [0.2, 0.25) is 0 Å². The molecule has 122 valence electrons. The Kier molecular flexibility index (Phi) is 5.50. The Morgan fingerprint density at radius 1 is 1.26 bits per heavy atom. The van der Waals surface area contributed by atoms with Crippen LogP contribution in [0, 0.1) is 0 Å². The van der Waals surface area contributed by atoms with Gasteiger partial charge >= 0.3 is 6.09 Å². The fourth-order valence-electron chi connectivity index (χ4n) is 2.00. The molecule has 0 aliphatic carbocycles. The Morgan fingerprint density at radius 3 is 2.52 bits per heavy atom. The van der Waals surface area contributed by atoms with Crippen LogP contribution in [0.15, 0.2) is 41.9 Å². The maximum absolute atomic E-state index is 12.6. The Labute approximate surface area is 139 Å². The number of Topliss-reactive ketones (excluding diaryl/α,β-unsaturated/α-hetero) is 1. The second-order valence-electron chi connectivity index (χ2n) is 6.09. The van der Waals surface area contributed by atoms with Crippen LogP contribution < -0.4 is 5.32 Å². The molecule has 6 heteroatoms. The zero-order chi connectivity index (χ0) is 16.9. The summed E-state index contributed by atoms with van der Waals surface area (Å²) in [6.07, 6.45) is 1.35. The van der Waals surface area contributed by atoms with E-state index in [0.717, 1.165) is 5.56 Å². The number of amides is 1. The third kappa shape index (κ3) is 5.49. The number of hydrogen-bond donors (Lipinski definition) is 1. The zero-order valence-corrected chi connectivity index (χ0v) is 14.2. The minimum Gasteiger partial charge on any atom is -0.444 e. The van der Waals surface area contributed by atoms with Crippen LogP contribution in [0.5, 0.6) is 0 Å². The molecule has 0 aliphatic rings. The average molecular weight is 332 g/mol. The normalized spacial score (nSPS) is 12.5. The molecular weight excluding hydrogens is 312 g/mol.